The van der Waals surface area contributed by atoms with Gasteiger partial charge in [-0.25, -0.2) is 0 Å². The Hall–Kier alpha value is -1.12. The molecule has 0 amide bonds. The summed E-state index contributed by atoms with van der Waals surface area (Å²) < 4.78 is 16.7. The van der Waals surface area contributed by atoms with Crippen LogP contribution in [-0.4, -0.2) is 6.29 Å². The minimum Gasteiger partial charge on any atom is -0.436 e. The van der Waals surface area contributed by atoms with Crippen molar-refractivity contribution in [2.24, 2.45) is 0 Å². The predicted molar refractivity (Wildman–Crippen MR) is 33.1 cm³/mol. The van der Waals surface area contributed by atoms with E-state index in [4.69, 9.17) is 0 Å². The third-order valence-electron chi connectivity index (χ3n) is 1.14. The van der Waals surface area contributed by atoms with Crippen molar-refractivity contribution >= 4 is 6.29 Å². The first-order chi connectivity index (χ1) is 4.83. The van der Waals surface area contributed by atoms with Crippen molar-refractivity contribution in [3.8, 4) is 0 Å². The lowest BCUT2D eigenvalue weighted by Gasteiger charge is -1.86. The zero-order valence-electron chi connectivity index (χ0n) is 5.34. The third-order valence-corrected chi connectivity index (χ3v) is 1.14. The van der Waals surface area contributed by atoms with Gasteiger partial charge < -0.3 is 9.21 Å². The summed E-state index contributed by atoms with van der Waals surface area (Å²) in [7, 11) is 0. The van der Waals surface area contributed by atoms with E-state index in [9.17, 15) is 9.18 Å². The number of carbonyl (C=O) groups is 1. The third kappa shape index (κ3) is 1.69. The summed E-state index contributed by atoms with van der Waals surface area (Å²) in [6.07, 6.45) is 1.64. The highest BCUT2D eigenvalue weighted by Crippen LogP contribution is 2.06. The summed E-state index contributed by atoms with van der Waals surface area (Å²) in [6, 6.07) is 2.17. The van der Waals surface area contributed by atoms with E-state index < -0.39 is 6.01 Å². The topological polar surface area (TPSA) is 30.2 Å². The van der Waals surface area contributed by atoms with Crippen LogP contribution in [0.3, 0.4) is 0 Å². The normalized spacial score (nSPS) is 9.70. The Balaban J connectivity index is 2.49. The van der Waals surface area contributed by atoms with Gasteiger partial charge in [0, 0.05) is 18.9 Å². The lowest BCUT2D eigenvalue weighted by atomic mass is 10.3. The lowest BCUT2D eigenvalue weighted by Crippen LogP contribution is -1.81. The Morgan fingerprint density at radius 2 is 2.40 bits per heavy atom. The van der Waals surface area contributed by atoms with E-state index in [0.717, 1.165) is 6.29 Å². The average molecular weight is 142 g/mol. The number of halogens is 1. The van der Waals surface area contributed by atoms with E-state index in [0.29, 0.717) is 18.6 Å². The van der Waals surface area contributed by atoms with Gasteiger partial charge in [0.25, 0.3) is 6.01 Å². The van der Waals surface area contributed by atoms with Gasteiger partial charge in [-0.2, -0.15) is 4.39 Å². The van der Waals surface area contributed by atoms with Gasteiger partial charge >= 0.3 is 0 Å². The smallest absolute Gasteiger partial charge is 0.277 e. The van der Waals surface area contributed by atoms with E-state index >= 15 is 0 Å². The van der Waals surface area contributed by atoms with Crippen molar-refractivity contribution in [1.29, 1.82) is 0 Å². The number of aldehydes is 1. The molecule has 0 aromatic carbocycles. The molecule has 1 aromatic rings. The average Bonchev–Trinajstić information content (AvgIpc) is 2.31. The van der Waals surface area contributed by atoms with Crippen molar-refractivity contribution in [2.75, 3.05) is 0 Å². The standard InChI is InChI=1S/C7H7FO2/c8-7-4-3-6(10-7)2-1-5-9/h3-5H,1-2H2. The van der Waals surface area contributed by atoms with Crippen molar-refractivity contribution in [1.82, 2.24) is 0 Å². The van der Waals surface area contributed by atoms with Gasteiger partial charge in [-0.05, 0) is 6.07 Å². The fourth-order valence-electron chi connectivity index (χ4n) is 0.687. The second-order valence-corrected chi connectivity index (χ2v) is 1.91. The molecule has 0 saturated heterocycles. The second kappa shape index (κ2) is 3.15. The minimum absolute atomic E-state index is 0.382. The maximum absolute atomic E-state index is 12.1. The molecule has 10 heavy (non-hydrogen) atoms. The summed E-state index contributed by atoms with van der Waals surface area (Å²) in [5.74, 6) is 0.518. The molecule has 2 nitrogen and oxygen atoms in total. The zero-order chi connectivity index (χ0) is 7.40. The molecule has 0 aliphatic carbocycles. The van der Waals surface area contributed by atoms with E-state index in [2.05, 4.69) is 4.42 Å². The monoisotopic (exact) mass is 142 g/mol. The molecule has 0 fully saturated rings. The van der Waals surface area contributed by atoms with Crippen molar-refractivity contribution in [3.63, 3.8) is 0 Å². The molecule has 54 valence electrons. The zero-order valence-corrected chi connectivity index (χ0v) is 5.34. The van der Waals surface area contributed by atoms with Crippen LogP contribution in [0.1, 0.15) is 12.2 Å². The van der Waals surface area contributed by atoms with Gasteiger partial charge in [-0.3, -0.25) is 0 Å². The lowest BCUT2D eigenvalue weighted by molar-refractivity contribution is -0.107. The summed E-state index contributed by atoms with van der Waals surface area (Å²) >= 11 is 0. The molecule has 0 unspecified atom stereocenters. The predicted octanol–water partition coefficient (Wildman–Crippen LogP) is 1.55. The molecule has 0 aliphatic heterocycles. The number of carbonyl (C=O) groups excluding carboxylic acids is 1. The molecule has 0 spiro atoms. The first-order valence-corrected chi connectivity index (χ1v) is 3.01. The molecule has 1 rings (SSSR count). The Bertz CT molecular complexity index is 217. The van der Waals surface area contributed by atoms with Crippen LogP contribution in [0.15, 0.2) is 16.5 Å². The molecular weight excluding hydrogens is 135 g/mol. The van der Waals surface area contributed by atoms with E-state index in [1.54, 1.807) is 0 Å². The first-order valence-electron chi connectivity index (χ1n) is 3.01. The highest BCUT2D eigenvalue weighted by atomic mass is 19.1. The summed E-state index contributed by atoms with van der Waals surface area (Å²) in [4.78, 5) is 9.85. The number of furan rings is 1. The summed E-state index contributed by atoms with van der Waals surface area (Å²) in [5.41, 5.74) is 0. The molecule has 1 aromatic heterocycles. The van der Waals surface area contributed by atoms with Crippen LogP contribution >= 0.6 is 0 Å². The fourth-order valence-corrected chi connectivity index (χ4v) is 0.687. The number of aryl methyl sites for hydroxylation is 1. The van der Waals surface area contributed by atoms with Gasteiger partial charge in [0.1, 0.15) is 12.0 Å². The van der Waals surface area contributed by atoms with Crippen LogP contribution in [0.5, 0.6) is 0 Å². The maximum atomic E-state index is 12.1. The summed E-state index contributed by atoms with van der Waals surface area (Å²) in [5, 5.41) is 0. The molecule has 3 heteroatoms. The van der Waals surface area contributed by atoms with E-state index in [-0.39, 0.29) is 0 Å². The second-order valence-electron chi connectivity index (χ2n) is 1.91. The molecule has 0 atom stereocenters. The molecule has 0 saturated carbocycles. The van der Waals surface area contributed by atoms with Crippen LogP contribution in [0.2, 0.25) is 0 Å². The minimum atomic E-state index is -0.596. The van der Waals surface area contributed by atoms with Crippen LogP contribution in [0.25, 0.3) is 0 Å². The highest BCUT2D eigenvalue weighted by molar-refractivity contribution is 5.49. The van der Waals surface area contributed by atoms with Crippen LogP contribution in [-0.2, 0) is 11.2 Å². The Morgan fingerprint density at radius 3 is 2.90 bits per heavy atom. The van der Waals surface area contributed by atoms with Crippen molar-refractivity contribution < 1.29 is 13.6 Å². The molecule has 0 N–H and O–H groups in total. The highest BCUT2D eigenvalue weighted by Gasteiger charge is 1.98. The fraction of sp³-hybridized carbons (Fsp3) is 0.286. The van der Waals surface area contributed by atoms with Crippen LogP contribution in [0, 0.1) is 6.01 Å². The first kappa shape index (κ1) is 6.99. The number of rotatable bonds is 3. The van der Waals surface area contributed by atoms with Gasteiger partial charge in [0.15, 0.2) is 0 Å². The Labute approximate surface area is 57.6 Å². The van der Waals surface area contributed by atoms with Gasteiger partial charge in [-0.15, -0.1) is 0 Å². The van der Waals surface area contributed by atoms with Crippen molar-refractivity contribution in [3.05, 3.63) is 23.9 Å². The van der Waals surface area contributed by atoms with Gasteiger partial charge in [0.05, 0.1) is 0 Å². The quantitative estimate of drug-likeness (QED) is 0.599. The molecule has 0 bridgehead atoms. The molecular formula is C7H7FO2. The van der Waals surface area contributed by atoms with E-state index in [1.165, 1.54) is 12.1 Å². The number of hydrogen-bond donors (Lipinski definition) is 0. The van der Waals surface area contributed by atoms with E-state index in [1.807, 2.05) is 0 Å². The molecule has 0 radical (unpaired) electrons. The SMILES string of the molecule is O=CCCc1ccc(F)o1. The Kier molecular flexibility index (Phi) is 2.20. The van der Waals surface area contributed by atoms with Crippen LogP contribution in [0.4, 0.5) is 4.39 Å². The largest absolute Gasteiger partial charge is 0.436 e. The number of hydrogen-bond acceptors (Lipinski definition) is 2. The maximum Gasteiger partial charge on any atom is 0.277 e. The van der Waals surface area contributed by atoms with Gasteiger partial charge in [0.2, 0.25) is 0 Å². The molecule has 0 aliphatic rings. The van der Waals surface area contributed by atoms with Crippen molar-refractivity contribution in [2.45, 2.75) is 12.8 Å². The van der Waals surface area contributed by atoms with Crippen LogP contribution < -0.4 is 0 Å². The van der Waals surface area contributed by atoms with Gasteiger partial charge in [-0.1, -0.05) is 0 Å². The Morgan fingerprint density at radius 1 is 1.60 bits per heavy atom. The molecule has 1 heterocycles. The summed E-state index contributed by atoms with van der Waals surface area (Å²) in [6.45, 7) is 0.